The van der Waals surface area contributed by atoms with Crippen molar-refractivity contribution in [1.29, 1.82) is 0 Å². The predicted molar refractivity (Wildman–Crippen MR) is 79.3 cm³/mol. The van der Waals surface area contributed by atoms with Gasteiger partial charge in [0, 0.05) is 6.54 Å². The summed E-state index contributed by atoms with van der Waals surface area (Å²) in [6.45, 7) is 5.85. The highest BCUT2D eigenvalue weighted by Gasteiger charge is 2.28. The molecular formula is C13H16ClN3OS. The molecule has 3 heterocycles. The van der Waals surface area contributed by atoms with Crippen LogP contribution in [0.1, 0.15) is 20.3 Å². The molecule has 2 aromatic rings. The lowest BCUT2D eigenvalue weighted by Gasteiger charge is -2.39. The van der Waals surface area contributed by atoms with Gasteiger partial charge in [-0.15, -0.1) is 11.3 Å². The highest BCUT2D eigenvalue weighted by Crippen LogP contribution is 2.32. The van der Waals surface area contributed by atoms with Gasteiger partial charge in [-0.1, -0.05) is 6.92 Å². The standard InChI is InChI=1S/C13H16ClN3OS/c1-3-9-7-18-8(2)6-17(9)11-10-4-5-19-12(10)16-13(14)15-11/h4-5,8-9H,3,6-7H2,1-2H3. The van der Waals surface area contributed by atoms with Gasteiger partial charge in [-0.05, 0) is 36.4 Å². The number of anilines is 1. The van der Waals surface area contributed by atoms with Gasteiger partial charge in [0.2, 0.25) is 5.28 Å². The quantitative estimate of drug-likeness (QED) is 0.797. The van der Waals surface area contributed by atoms with E-state index in [2.05, 4.69) is 34.8 Å². The highest BCUT2D eigenvalue weighted by molar-refractivity contribution is 7.16. The van der Waals surface area contributed by atoms with E-state index in [4.69, 9.17) is 16.3 Å². The molecule has 6 heteroatoms. The third-order valence-electron chi connectivity index (χ3n) is 3.49. The molecule has 1 aliphatic heterocycles. The van der Waals surface area contributed by atoms with Crippen molar-refractivity contribution in [3.63, 3.8) is 0 Å². The summed E-state index contributed by atoms with van der Waals surface area (Å²) in [7, 11) is 0. The van der Waals surface area contributed by atoms with Gasteiger partial charge in [0.05, 0.1) is 24.1 Å². The van der Waals surface area contributed by atoms with Gasteiger partial charge >= 0.3 is 0 Å². The zero-order valence-corrected chi connectivity index (χ0v) is 12.5. The summed E-state index contributed by atoms with van der Waals surface area (Å²) in [6.07, 6.45) is 1.24. The summed E-state index contributed by atoms with van der Waals surface area (Å²) in [5.41, 5.74) is 0. The van der Waals surface area contributed by atoms with E-state index in [9.17, 15) is 0 Å². The number of fused-ring (bicyclic) bond motifs is 1. The Balaban J connectivity index is 2.08. The molecule has 0 N–H and O–H groups in total. The normalized spacial score (nSPS) is 24.1. The molecule has 0 saturated carbocycles. The fraction of sp³-hybridized carbons (Fsp3) is 0.538. The molecule has 4 nitrogen and oxygen atoms in total. The van der Waals surface area contributed by atoms with Crippen LogP contribution in [0.2, 0.25) is 5.28 Å². The van der Waals surface area contributed by atoms with E-state index in [1.807, 2.05) is 5.38 Å². The fourth-order valence-corrected chi connectivity index (χ4v) is 3.45. The number of thiophene rings is 1. The number of nitrogens with zero attached hydrogens (tertiary/aromatic N) is 3. The smallest absolute Gasteiger partial charge is 0.225 e. The second kappa shape index (κ2) is 5.23. The molecule has 2 aromatic heterocycles. The maximum atomic E-state index is 6.05. The maximum absolute atomic E-state index is 6.05. The minimum atomic E-state index is 0.213. The van der Waals surface area contributed by atoms with Gasteiger partial charge in [-0.25, -0.2) is 4.98 Å². The van der Waals surface area contributed by atoms with E-state index in [0.29, 0.717) is 11.3 Å². The number of hydrogen-bond donors (Lipinski definition) is 0. The Morgan fingerprint density at radius 1 is 1.53 bits per heavy atom. The molecule has 3 rings (SSSR count). The molecule has 1 fully saturated rings. The van der Waals surface area contributed by atoms with Crippen LogP contribution in [0.25, 0.3) is 10.2 Å². The lowest BCUT2D eigenvalue weighted by molar-refractivity contribution is 0.0297. The number of rotatable bonds is 2. The molecule has 1 aliphatic rings. The van der Waals surface area contributed by atoms with Crippen molar-refractivity contribution in [2.75, 3.05) is 18.1 Å². The van der Waals surface area contributed by atoms with Gasteiger partial charge in [-0.3, -0.25) is 0 Å². The van der Waals surface area contributed by atoms with Gasteiger partial charge in [0.15, 0.2) is 0 Å². The van der Waals surface area contributed by atoms with Gasteiger partial charge < -0.3 is 9.64 Å². The molecule has 0 aromatic carbocycles. The average molecular weight is 298 g/mol. The molecule has 0 spiro atoms. The minimum Gasteiger partial charge on any atom is -0.375 e. The Labute approximate surface area is 121 Å². The zero-order chi connectivity index (χ0) is 13.4. The van der Waals surface area contributed by atoms with Crippen molar-refractivity contribution in [3.05, 3.63) is 16.7 Å². The monoisotopic (exact) mass is 297 g/mol. The molecule has 102 valence electrons. The third-order valence-corrected chi connectivity index (χ3v) is 4.46. The van der Waals surface area contributed by atoms with E-state index in [1.54, 1.807) is 11.3 Å². The minimum absolute atomic E-state index is 0.213. The third kappa shape index (κ3) is 2.42. The Morgan fingerprint density at radius 2 is 2.37 bits per heavy atom. The first-order valence-electron chi connectivity index (χ1n) is 6.48. The van der Waals surface area contributed by atoms with Crippen molar-refractivity contribution < 1.29 is 4.74 Å². The van der Waals surface area contributed by atoms with E-state index in [-0.39, 0.29) is 6.10 Å². The molecular weight excluding hydrogens is 282 g/mol. The summed E-state index contributed by atoms with van der Waals surface area (Å²) >= 11 is 7.65. The SMILES string of the molecule is CCC1COC(C)CN1c1nc(Cl)nc2sccc12. The van der Waals surface area contributed by atoms with E-state index < -0.39 is 0 Å². The molecule has 0 radical (unpaired) electrons. The van der Waals surface area contributed by atoms with Crippen LogP contribution in [0, 0.1) is 0 Å². The topological polar surface area (TPSA) is 38.2 Å². The molecule has 19 heavy (non-hydrogen) atoms. The average Bonchev–Trinajstić information content (AvgIpc) is 2.85. The van der Waals surface area contributed by atoms with Gasteiger partial charge in [-0.2, -0.15) is 4.98 Å². The van der Waals surface area contributed by atoms with Crippen LogP contribution in [0.15, 0.2) is 11.4 Å². The van der Waals surface area contributed by atoms with Crippen LogP contribution in [0.5, 0.6) is 0 Å². The molecule has 0 bridgehead atoms. The van der Waals surface area contributed by atoms with Crippen LogP contribution in [-0.4, -0.2) is 35.3 Å². The maximum Gasteiger partial charge on any atom is 0.225 e. The Bertz CT molecular complexity index is 588. The first kappa shape index (κ1) is 13.1. The van der Waals surface area contributed by atoms with E-state index >= 15 is 0 Å². The molecule has 0 amide bonds. The lowest BCUT2D eigenvalue weighted by Crippen LogP contribution is -2.49. The van der Waals surface area contributed by atoms with Crippen LogP contribution in [0.4, 0.5) is 5.82 Å². The zero-order valence-electron chi connectivity index (χ0n) is 11.0. The summed E-state index contributed by atoms with van der Waals surface area (Å²) in [5, 5.41) is 3.44. The van der Waals surface area contributed by atoms with Crippen LogP contribution in [-0.2, 0) is 4.74 Å². The Kier molecular flexibility index (Phi) is 3.60. The van der Waals surface area contributed by atoms with Crippen molar-refractivity contribution in [2.45, 2.75) is 32.4 Å². The van der Waals surface area contributed by atoms with Crippen LogP contribution in [0.3, 0.4) is 0 Å². The van der Waals surface area contributed by atoms with Gasteiger partial charge in [0.25, 0.3) is 0 Å². The largest absolute Gasteiger partial charge is 0.375 e. The number of halogens is 1. The number of ether oxygens (including phenoxy) is 1. The van der Waals surface area contributed by atoms with Crippen LogP contribution >= 0.6 is 22.9 Å². The van der Waals surface area contributed by atoms with Gasteiger partial charge in [0.1, 0.15) is 10.6 Å². The van der Waals surface area contributed by atoms with Crippen molar-refractivity contribution in [3.8, 4) is 0 Å². The number of hydrogen-bond acceptors (Lipinski definition) is 5. The molecule has 1 saturated heterocycles. The fourth-order valence-electron chi connectivity index (χ4n) is 2.48. The van der Waals surface area contributed by atoms with Crippen LogP contribution < -0.4 is 4.90 Å². The Hall–Kier alpha value is -0.910. The molecule has 0 aliphatic carbocycles. The summed E-state index contributed by atoms with van der Waals surface area (Å²) < 4.78 is 5.74. The summed E-state index contributed by atoms with van der Waals surface area (Å²) in [5.74, 6) is 0.943. The first-order chi connectivity index (χ1) is 9.19. The van der Waals surface area contributed by atoms with Crippen molar-refractivity contribution in [2.24, 2.45) is 0 Å². The summed E-state index contributed by atoms with van der Waals surface area (Å²) in [4.78, 5) is 12.0. The highest BCUT2D eigenvalue weighted by atomic mass is 35.5. The van der Waals surface area contributed by atoms with Crippen molar-refractivity contribution >= 4 is 39.0 Å². The predicted octanol–water partition coefficient (Wildman–Crippen LogP) is 3.35. The Morgan fingerprint density at radius 3 is 3.16 bits per heavy atom. The van der Waals surface area contributed by atoms with Crippen molar-refractivity contribution in [1.82, 2.24) is 9.97 Å². The first-order valence-corrected chi connectivity index (χ1v) is 7.73. The number of aromatic nitrogens is 2. The molecule has 2 atom stereocenters. The molecule has 2 unspecified atom stereocenters. The number of morpholine rings is 1. The second-order valence-electron chi connectivity index (χ2n) is 4.81. The van der Waals surface area contributed by atoms with E-state index in [1.165, 1.54) is 0 Å². The second-order valence-corrected chi connectivity index (χ2v) is 6.05. The lowest BCUT2D eigenvalue weighted by atomic mass is 10.1. The summed E-state index contributed by atoms with van der Waals surface area (Å²) in [6, 6.07) is 2.42. The van der Waals surface area contributed by atoms with E-state index in [0.717, 1.165) is 35.6 Å².